The molecule has 2 atom stereocenters. The van der Waals surface area contributed by atoms with Gasteiger partial charge in [0.1, 0.15) is 0 Å². The molecule has 2 aliphatic heterocycles. The van der Waals surface area contributed by atoms with E-state index in [0.29, 0.717) is 12.5 Å². The monoisotopic (exact) mass is 195 g/mol. The molecule has 0 spiro atoms. The lowest BCUT2D eigenvalue weighted by molar-refractivity contribution is -0.00710. The molecule has 0 aromatic heterocycles. The number of aliphatic hydroxyl groups is 1. The fourth-order valence-electron chi connectivity index (χ4n) is 3.65. The van der Waals surface area contributed by atoms with Crippen molar-refractivity contribution < 1.29 is 5.11 Å². The molecule has 1 aliphatic carbocycles. The second-order valence-corrected chi connectivity index (χ2v) is 5.44. The summed E-state index contributed by atoms with van der Waals surface area (Å²) in [5, 5.41) is 9.27. The first-order chi connectivity index (χ1) is 6.88. The lowest BCUT2D eigenvalue weighted by Gasteiger charge is -2.49. The summed E-state index contributed by atoms with van der Waals surface area (Å²) in [5.74, 6) is 0.611. The van der Waals surface area contributed by atoms with E-state index in [0.717, 1.165) is 18.1 Å². The minimum Gasteiger partial charge on any atom is -0.396 e. The van der Waals surface area contributed by atoms with Gasteiger partial charge in [-0.3, -0.25) is 4.90 Å². The van der Waals surface area contributed by atoms with E-state index < -0.39 is 0 Å². The van der Waals surface area contributed by atoms with Gasteiger partial charge in [-0.15, -0.1) is 0 Å². The Labute approximate surface area is 86.3 Å². The molecule has 2 unspecified atom stereocenters. The summed E-state index contributed by atoms with van der Waals surface area (Å²) in [7, 11) is 0. The van der Waals surface area contributed by atoms with E-state index in [4.69, 9.17) is 0 Å². The minimum absolute atomic E-state index is 0.422. The number of hydrogen-bond acceptors (Lipinski definition) is 2. The van der Waals surface area contributed by atoms with Crippen LogP contribution in [0.3, 0.4) is 0 Å². The maximum Gasteiger partial charge on any atom is 0.0460 e. The lowest BCUT2D eigenvalue weighted by Crippen LogP contribution is -2.53. The van der Waals surface area contributed by atoms with Crippen molar-refractivity contribution in [3.63, 3.8) is 0 Å². The summed E-state index contributed by atoms with van der Waals surface area (Å²) in [5.41, 5.74) is 0. The fourth-order valence-corrected chi connectivity index (χ4v) is 3.65. The number of hydrogen-bond donors (Lipinski definition) is 1. The molecule has 2 heteroatoms. The SMILES string of the molecule is OCC1CC2CCCC(C1)N2C1CC1. The van der Waals surface area contributed by atoms with Gasteiger partial charge in [0.25, 0.3) is 0 Å². The van der Waals surface area contributed by atoms with Gasteiger partial charge in [-0.1, -0.05) is 6.42 Å². The minimum atomic E-state index is 0.422. The van der Waals surface area contributed by atoms with E-state index in [1.165, 1.54) is 44.9 Å². The number of aliphatic hydroxyl groups excluding tert-OH is 1. The highest BCUT2D eigenvalue weighted by molar-refractivity contribution is 4.99. The molecule has 2 heterocycles. The molecule has 0 amide bonds. The Morgan fingerprint density at radius 2 is 1.57 bits per heavy atom. The zero-order valence-corrected chi connectivity index (χ0v) is 8.86. The zero-order chi connectivity index (χ0) is 9.54. The van der Waals surface area contributed by atoms with Crippen LogP contribution in [0.4, 0.5) is 0 Å². The molecular formula is C12H21NO. The molecule has 2 saturated heterocycles. The van der Waals surface area contributed by atoms with Crippen LogP contribution in [0.2, 0.25) is 0 Å². The first kappa shape index (κ1) is 9.17. The molecule has 2 nitrogen and oxygen atoms in total. The van der Waals surface area contributed by atoms with Gasteiger partial charge >= 0.3 is 0 Å². The van der Waals surface area contributed by atoms with Gasteiger partial charge in [-0.2, -0.15) is 0 Å². The average Bonchev–Trinajstić information content (AvgIpc) is 2.99. The van der Waals surface area contributed by atoms with Crippen LogP contribution in [0.25, 0.3) is 0 Å². The third-order valence-corrected chi connectivity index (χ3v) is 4.36. The van der Waals surface area contributed by atoms with Crippen LogP contribution < -0.4 is 0 Å². The standard InChI is InChI=1S/C12H21NO/c14-8-9-6-11-2-1-3-12(7-9)13(11)10-4-5-10/h9-12,14H,1-8H2. The van der Waals surface area contributed by atoms with Crippen LogP contribution in [0.5, 0.6) is 0 Å². The van der Waals surface area contributed by atoms with Gasteiger partial charge in [-0.05, 0) is 44.4 Å². The van der Waals surface area contributed by atoms with Gasteiger partial charge in [-0.25, -0.2) is 0 Å². The van der Waals surface area contributed by atoms with Crippen molar-refractivity contribution in [3.8, 4) is 0 Å². The molecule has 14 heavy (non-hydrogen) atoms. The van der Waals surface area contributed by atoms with E-state index in [9.17, 15) is 5.11 Å². The largest absolute Gasteiger partial charge is 0.396 e. The van der Waals surface area contributed by atoms with Gasteiger partial charge < -0.3 is 5.11 Å². The summed E-state index contributed by atoms with van der Waals surface area (Å²) in [4.78, 5) is 2.82. The Morgan fingerprint density at radius 3 is 2.07 bits per heavy atom. The molecule has 2 bridgehead atoms. The number of rotatable bonds is 2. The Balaban J connectivity index is 1.74. The van der Waals surface area contributed by atoms with E-state index in [1.54, 1.807) is 0 Å². The maximum absolute atomic E-state index is 9.27. The van der Waals surface area contributed by atoms with Crippen LogP contribution in [-0.2, 0) is 0 Å². The van der Waals surface area contributed by atoms with Gasteiger partial charge in [0, 0.05) is 24.7 Å². The van der Waals surface area contributed by atoms with Crippen molar-refractivity contribution in [2.45, 2.75) is 63.1 Å². The summed E-state index contributed by atoms with van der Waals surface area (Å²) in [6.07, 6.45) is 9.63. The lowest BCUT2D eigenvalue weighted by atomic mass is 9.78. The summed E-state index contributed by atoms with van der Waals surface area (Å²) < 4.78 is 0. The zero-order valence-electron chi connectivity index (χ0n) is 8.86. The van der Waals surface area contributed by atoms with E-state index in [-0.39, 0.29) is 0 Å². The van der Waals surface area contributed by atoms with Crippen molar-refractivity contribution in [1.29, 1.82) is 0 Å². The second kappa shape index (κ2) is 3.49. The van der Waals surface area contributed by atoms with Gasteiger partial charge in [0.05, 0.1) is 0 Å². The number of piperidine rings is 2. The fraction of sp³-hybridized carbons (Fsp3) is 1.00. The number of fused-ring (bicyclic) bond motifs is 2. The Kier molecular flexibility index (Phi) is 2.29. The van der Waals surface area contributed by atoms with Gasteiger partial charge in [0.15, 0.2) is 0 Å². The molecule has 1 saturated carbocycles. The Bertz CT molecular complexity index is 200. The highest BCUT2D eigenvalue weighted by Crippen LogP contribution is 2.43. The quantitative estimate of drug-likeness (QED) is 0.726. The molecule has 0 radical (unpaired) electrons. The van der Waals surface area contributed by atoms with Crippen LogP contribution >= 0.6 is 0 Å². The normalized spacial score (nSPS) is 43.9. The van der Waals surface area contributed by atoms with Crippen LogP contribution in [0, 0.1) is 5.92 Å². The van der Waals surface area contributed by atoms with Crippen LogP contribution in [-0.4, -0.2) is 34.7 Å². The number of nitrogens with zero attached hydrogens (tertiary/aromatic N) is 1. The predicted octanol–water partition coefficient (Wildman–Crippen LogP) is 1.77. The van der Waals surface area contributed by atoms with Crippen molar-refractivity contribution in [3.05, 3.63) is 0 Å². The van der Waals surface area contributed by atoms with Crippen molar-refractivity contribution in [2.75, 3.05) is 6.61 Å². The molecule has 0 aromatic carbocycles. The third-order valence-electron chi connectivity index (χ3n) is 4.36. The van der Waals surface area contributed by atoms with Crippen molar-refractivity contribution in [1.82, 2.24) is 4.90 Å². The molecule has 80 valence electrons. The van der Waals surface area contributed by atoms with Crippen molar-refractivity contribution in [2.24, 2.45) is 5.92 Å². The second-order valence-electron chi connectivity index (χ2n) is 5.44. The molecule has 3 rings (SSSR count). The predicted molar refractivity (Wildman–Crippen MR) is 56.1 cm³/mol. The van der Waals surface area contributed by atoms with Crippen molar-refractivity contribution >= 4 is 0 Å². The summed E-state index contributed by atoms with van der Waals surface area (Å²) in [6.45, 7) is 0.422. The molecule has 0 aromatic rings. The van der Waals surface area contributed by atoms with Crippen LogP contribution in [0.1, 0.15) is 44.9 Å². The summed E-state index contributed by atoms with van der Waals surface area (Å²) in [6, 6.07) is 2.59. The highest BCUT2D eigenvalue weighted by Gasteiger charge is 2.44. The molecule has 3 fully saturated rings. The highest BCUT2D eigenvalue weighted by atomic mass is 16.3. The Morgan fingerprint density at radius 1 is 0.929 bits per heavy atom. The Hall–Kier alpha value is -0.0800. The average molecular weight is 195 g/mol. The molecule has 1 N–H and O–H groups in total. The van der Waals surface area contributed by atoms with E-state index in [1.807, 2.05) is 0 Å². The summed E-state index contributed by atoms with van der Waals surface area (Å²) >= 11 is 0. The maximum atomic E-state index is 9.27. The third kappa shape index (κ3) is 1.49. The van der Waals surface area contributed by atoms with E-state index >= 15 is 0 Å². The van der Waals surface area contributed by atoms with Crippen LogP contribution in [0.15, 0.2) is 0 Å². The molecule has 3 aliphatic rings. The first-order valence-corrected chi connectivity index (χ1v) is 6.27. The smallest absolute Gasteiger partial charge is 0.0460 e. The first-order valence-electron chi connectivity index (χ1n) is 6.27. The topological polar surface area (TPSA) is 23.5 Å². The van der Waals surface area contributed by atoms with Gasteiger partial charge in [0.2, 0.25) is 0 Å². The molecular weight excluding hydrogens is 174 g/mol. The van der Waals surface area contributed by atoms with E-state index in [2.05, 4.69) is 4.90 Å².